The highest BCUT2D eigenvalue weighted by Crippen LogP contribution is 2.23. The molecule has 2 atom stereocenters. The molecule has 6 heteroatoms. The molecule has 0 bridgehead atoms. The minimum absolute atomic E-state index is 0.0429. The number of esters is 1. The predicted molar refractivity (Wildman–Crippen MR) is 56.5 cm³/mol. The zero-order chi connectivity index (χ0) is 13.0. The largest absolute Gasteiger partial charge is 0.507 e. The molecule has 1 aromatic carbocycles. The summed E-state index contributed by atoms with van der Waals surface area (Å²) >= 11 is 0. The molecule has 6 nitrogen and oxygen atoms in total. The molecular weight excluding hydrogens is 228 g/mol. The summed E-state index contributed by atoms with van der Waals surface area (Å²) in [5.74, 6) is -1.23. The molecular formula is C11H12O6. The maximum Gasteiger partial charge on any atom is 0.337 e. The number of phenols is 1. The summed E-state index contributed by atoms with van der Waals surface area (Å²) in [6.07, 6.45) is -2.87. The van der Waals surface area contributed by atoms with Crippen molar-refractivity contribution in [3.8, 4) is 5.75 Å². The van der Waals surface area contributed by atoms with E-state index < -0.39 is 18.2 Å². The van der Waals surface area contributed by atoms with Gasteiger partial charge in [-0.25, -0.2) is 4.79 Å². The van der Waals surface area contributed by atoms with Crippen LogP contribution in [0.15, 0.2) is 18.2 Å². The molecule has 3 N–H and O–H groups in total. The van der Waals surface area contributed by atoms with E-state index in [2.05, 4.69) is 4.74 Å². The summed E-state index contributed by atoms with van der Waals surface area (Å²) in [7, 11) is 1.08. The molecule has 0 radical (unpaired) electrons. The first kappa shape index (κ1) is 13.1. The number of benzene rings is 1. The first-order valence-electron chi connectivity index (χ1n) is 4.73. The number of aliphatic hydroxyl groups is 2. The Morgan fingerprint density at radius 2 is 2.06 bits per heavy atom. The summed E-state index contributed by atoms with van der Waals surface area (Å²) in [6, 6.07) is 3.66. The van der Waals surface area contributed by atoms with E-state index in [1.54, 1.807) is 0 Å². The summed E-state index contributed by atoms with van der Waals surface area (Å²) in [5, 5.41) is 28.3. The highest BCUT2D eigenvalue weighted by atomic mass is 16.5. The van der Waals surface area contributed by atoms with Gasteiger partial charge in [-0.15, -0.1) is 0 Å². The van der Waals surface area contributed by atoms with E-state index in [9.17, 15) is 24.9 Å². The van der Waals surface area contributed by atoms with Crippen LogP contribution in [0.25, 0.3) is 0 Å². The zero-order valence-electron chi connectivity index (χ0n) is 9.03. The summed E-state index contributed by atoms with van der Waals surface area (Å²) in [5.41, 5.74) is 0.0846. The summed E-state index contributed by atoms with van der Waals surface area (Å²) in [6.45, 7) is 0. The fourth-order valence-electron chi connectivity index (χ4n) is 1.28. The molecule has 0 saturated carbocycles. The molecule has 0 aliphatic rings. The lowest BCUT2D eigenvalue weighted by Gasteiger charge is -2.16. The topological polar surface area (TPSA) is 104 Å². The Morgan fingerprint density at radius 3 is 2.59 bits per heavy atom. The number of methoxy groups -OCH3 is 1. The summed E-state index contributed by atoms with van der Waals surface area (Å²) < 4.78 is 4.27. The van der Waals surface area contributed by atoms with E-state index in [4.69, 9.17) is 0 Å². The van der Waals surface area contributed by atoms with E-state index >= 15 is 0 Å². The van der Waals surface area contributed by atoms with Crippen molar-refractivity contribution in [2.45, 2.75) is 12.2 Å². The minimum atomic E-state index is -1.75. The van der Waals surface area contributed by atoms with Gasteiger partial charge in [-0.3, -0.25) is 4.79 Å². The predicted octanol–water partition coefficient (Wildman–Crippen LogP) is -0.228. The van der Waals surface area contributed by atoms with Crippen LogP contribution in [-0.4, -0.2) is 40.8 Å². The third-order valence-corrected chi connectivity index (χ3v) is 2.26. The minimum Gasteiger partial charge on any atom is -0.507 e. The molecule has 1 aromatic rings. The van der Waals surface area contributed by atoms with Gasteiger partial charge in [-0.2, -0.15) is 0 Å². The Kier molecular flexibility index (Phi) is 4.19. The number of aldehydes is 1. The molecule has 0 saturated heterocycles. The number of hydrogen-bond acceptors (Lipinski definition) is 6. The van der Waals surface area contributed by atoms with Crippen LogP contribution in [-0.2, 0) is 9.53 Å². The van der Waals surface area contributed by atoms with Crippen LogP contribution in [0.2, 0.25) is 0 Å². The Bertz CT molecular complexity index is 428. The van der Waals surface area contributed by atoms with Gasteiger partial charge < -0.3 is 20.1 Å². The number of rotatable bonds is 4. The van der Waals surface area contributed by atoms with Gasteiger partial charge in [-0.05, 0) is 17.7 Å². The molecule has 2 unspecified atom stereocenters. The Morgan fingerprint density at radius 1 is 1.41 bits per heavy atom. The highest BCUT2D eigenvalue weighted by molar-refractivity contribution is 5.80. The van der Waals surface area contributed by atoms with Crippen molar-refractivity contribution in [2.24, 2.45) is 0 Å². The second kappa shape index (κ2) is 5.42. The number of hydrogen-bond donors (Lipinski definition) is 3. The average Bonchev–Trinajstić information content (AvgIpc) is 2.36. The molecule has 0 fully saturated rings. The molecule has 0 amide bonds. The number of ether oxygens (including phenoxy) is 1. The van der Waals surface area contributed by atoms with Gasteiger partial charge in [-0.1, -0.05) is 6.07 Å². The normalized spacial score (nSPS) is 13.8. The van der Waals surface area contributed by atoms with E-state index in [0.29, 0.717) is 6.29 Å². The molecule has 0 aromatic heterocycles. The standard InChI is InChI=1S/C11H12O6/c1-17-11(16)10(15)9(14)6-2-3-8(13)7(4-6)5-12/h2-5,9-10,13-15H,1H3. The number of carbonyl (C=O) groups excluding carboxylic acids is 2. The maximum atomic E-state index is 11.0. The lowest BCUT2D eigenvalue weighted by molar-refractivity contribution is -0.156. The summed E-state index contributed by atoms with van der Waals surface area (Å²) in [4.78, 5) is 21.6. The third kappa shape index (κ3) is 2.80. The van der Waals surface area contributed by atoms with Gasteiger partial charge in [0.15, 0.2) is 12.4 Å². The van der Waals surface area contributed by atoms with Crippen LogP contribution in [0.1, 0.15) is 22.0 Å². The Hall–Kier alpha value is -1.92. The molecule has 17 heavy (non-hydrogen) atoms. The fraction of sp³-hybridized carbons (Fsp3) is 0.273. The van der Waals surface area contributed by atoms with Crippen LogP contribution in [0, 0.1) is 0 Å². The van der Waals surface area contributed by atoms with Crippen molar-refractivity contribution < 1.29 is 29.6 Å². The van der Waals surface area contributed by atoms with Crippen LogP contribution >= 0.6 is 0 Å². The molecule has 0 heterocycles. The number of aliphatic hydroxyl groups excluding tert-OH is 2. The van der Waals surface area contributed by atoms with Crippen molar-refractivity contribution in [2.75, 3.05) is 7.11 Å². The molecule has 0 aliphatic carbocycles. The number of carbonyl (C=O) groups is 2. The zero-order valence-corrected chi connectivity index (χ0v) is 9.03. The van der Waals surface area contributed by atoms with Gasteiger partial charge in [0.2, 0.25) is 0 Å². The lowest BCUT2D eigenvalue weighted by atomic mass is 10.0. The second-order valence-electron chi connectivity index (χ2n) is 3.35. The van der Waals surface area contributed by atoms with Crippen LogP contribution in [0.5, 0.6) is 5.75 Å². The van der Waals surface area contributed by atoms with Crippen LogP contribution < -0.4 is 0 Å². The van der Waals surface area contributed by atoms with Gasteiger partial charge in [0.25, 0.3) is 0 Å². The van der Waals surface area contributed by atoms with Crippen molar-refractivity contribution in [1.29, 1.82) is 0 Å². The van der Waals surface area contributed by atoms with E-state index in [0.717, 1.165) is 7.11 Å². The molecule has 1 rings (SSSR count). The van der Waals surface area contributed by atoms with Gasteiger partial charge in [0, 0.05) is 0 Å². The Balaban J connectivity index is 3.00. The van der Waals surface area contributed by atoms with Crippen LogP contribution in [0.4, 0.5) is 0 Å². The van der Waals surface area contributed by atoms with E-state index in [1.807, 2.05) is 0 Å². The van der Waals surface area contributed by atoms with Crippen molar-refractivity contribution in [3.63, 3.8) is 0 Å². The third-order valence-electron chi connectivity index (χ3n) is 2.26. The number of aromatic hydroxyl groups is 1. The molecule has 92 valence electrons. The average molecular weight is 240 g/mol. The van der Waals surface area contributed by atoms with Gasteiger partial charge in [0.05, 0.1) is 12.7 Å². The van der Waals surface area contributed by atoms with Gasteiger partial charge >= 0.3 is 5.97 Å². The van der Waals surface area contributed by atoms with Crippen LogP contribution in [0.3, 0.4) is 0 Å². The maximum absolute atomic E-state index is 11.0. The first-order chi connectivity index (χ1) is 8.01. The Labute approximate surface area is 97.1 Å². The first-order valence-corrected chi connectivity index (χ1v) is 4.73. The lowest BCUT2D eigenvalue weighted by Crippen LogP contribution is -2.29. The highest BCUT2D eigenvalue weighted by Gasteiger charge is 2.26. The number of phenolic OH excluding ortho intramolecular Hbond substituents is 1. The smallest absolute Gasteiger partial charge is 0.337 e. The van der Waals surface area contributed by atoms with Crippen molar-refractivity contribution >= 4 is 12.3 Å². The van der Waals surface area contributed by atoms with E-state index in [-0.39, 0.29) is 16.9 Å². The molecule has 0 spiro atoms. The SMILES string of the molecule is COC(=O)C(O)C(O)c1ccc(O)c(C=O)c1. The monoisotopic (exact) mass is 240 g/mol. The van der Waals surface area contributed by atoms with Gasteiger partial charge in [0.1, 0.15) is 11.9 Å². The second-order valence-corrected chi connectivity index (χ2v) is 3.35. The molecule has 0 aliphatic heterocycles. The van der Waals surface area contributed by atoms with E-state index in [1.165, 1.54) is 18.2 Å². The van der Waals surface area contributed by atoms with Crippen molar-refractivity contribution in [1.82, 2.24) is 0 Å². The van der Waals surface area contributed by atoms with Crippen molar-refractivity contribution in [3.05, 3.63) is 29.3 Å². The quantitative estimate of drug-likeness (QED) is 0.496. The fourth-order valence-corrected chi connectivity index (χ4v) is 1.28.